The summed E-state index contributed by atoms with van der Waals surface area (Å²) < 4.78 is 0. The summed E-state index contributed by atoms with van der Waals surface area (Å²) in [6.07, 6.45) is 0.955. The average molecular weight is 286 g/mol. The molecule has 0 N–H and O–H groups in total. The molecular formula is C18H26N2O. The van der Waals surface area contributed by atoms with Crippen molar-refractivity contribution in [2.24, 2.45) is 11.8 Å². The maximum atomic E-state index is 12.9. The lowest BCUT2D eigenvalue weighted by atomic mass is 9.84. The van der Waals surface area contributed by atoms with Crippen molar-refractivity contribution < 1.29 is 4.79 Å². The summed E-state index contributed by atoms with van der Waals surface area (Å²) >= 11 is 0. The van der Waals surface area contributed by atoms with Crippen molar-refractivity contribution in [3.63, 3.8) is 0 Å². The number of likely N-dealkylation sites (N-methyl/N-ethyl adjacent to an activating group) is 1. The Morgan fingerprint density at radius 2 is 1.86 bits per heavy atom. The summed E-state index contributed by atoms with van der Waals surface area (Å²) in [6, 6.07) is 12.2. The van der Waals surface area contributed by atoms with Gasteiger partial charge in [-0.05, 0) is 25.3 Å². The normalized spacial score (nSPS) is 14.8. The minimum absolute atomic E-state index is 0.123. The fraction of sp³-hybridized carbons (Fsp3) is 0.556. The number of nitrogens with zero attached hydrogens (tertiary/aromatic N) is 2. The summed E-state index contributed by atoms with van der Waals surface area (Å²) in [6.45, 7) is 9.22. The quantitative estimate of drug-likeness (QED) is 0.764. The lowest BCUT2D eigenvalue weighted by molar-refractivity contribution is -0.134. The Kier molecular flexibility index (Phi) is 6.94. The number of hydrogen-bond donors (Lipinski definition) is 0. The molecule has 0 aliphatic rings. The Balaban J connectivity index is 3.02. The van der Waals surface area contributed by atoms with Gasteiger partial charge in [0, 0.05) is 13.1 Å². The van der Waals surface area contributed by atoms with Gasteiger partial charge in [0.2, 0.25) is 5.91 Å². The molecule has 0 bridgehead atoms. The van der Waals surface area contributed by atoms with Crippen molar-refractivity contribution in [1.82, 2.24) is 4.90 Å². The molecule has 1 rings (SSSR count). The predicted molar refractivity (Wildman–Crippen MR) is 85.7 cm³/mol. The van der Waals surface area contributed by atoms with Crippen LogP contribution >= 0.6 is 0 Å². The zero-order valence-electron chi connectivity index (χ0n) is 13.5. The molecule has 0 saturated carbocycles. The molecule has 114 valence electrons. The molecule has 0 heterocycles. The van der Waals surface area contributed by atoms with Gasteiger partial charge in [-0.1, -0.05) is 50.6 Å². The molecule has 1 amide bonds. The van der Waals surface area contributed by atoms with E-state index < -0.39 is 0 Å². The van der Waals surface area contributed by atoms with Gasteiger partial charge in [-0.25, -0.2) is 0 Å². The van der Waals surface area contributed by atoms with Gasteiger partial charge in [-0.2, -0.15) is 5.26 Å². The third kappa shape index (κ3) is 4.60. The Morgan fingerprint density at radius 3 is 2.33 bits per heavy atom. The number of carbonyl (C=O) groups excluding carboxylic acids is 1. The fourth-order valence-corrected chi connectivity index (χ4v) is 2.55. The monoisotopic (exact) mass is 286 g/mol. The molecule has 0 radical (unpaired) electrons. The molecule has 0 aliphatic heterocycles. The van der Waals surface area contributed by atoms with Crippen molar-refractivity contribution in [3.8, 4) is 6.07 Å². The van der Waals surface area contributed by atoms with E-state index in [9.17, 15) is 4.79 Å². The van der Waals surface area contributed by atoms with Crippen LogP contribution in [0.5, 0.6) is 0 Å². The van der Waals surface area contributed by atoms with E-state index in [1.54, 1.807) is 0 Å². The largest absolute Gasteiger partial charge is 0.341 e. The van der Waals surface area contributed by atoms with Crippen molar-refractivity contribution in [2.45, 2.75) is 40.0 Å². The number of benzene rings is 1. The highest BCUT2D eigenvalue weighted by molar-refractivity contribution is 5.84. The number of nitriles is 1. The van der Waals surface area contributed by atoms with Crippen LogP contribution in [0.1, 0.15) is 45.6 Å². The minimum atomic E-state index is -0.137. The van der Waals surface area contributed by atoms with E-state index in [1.165, 1.54) is 0 Å². The van der Waals surface area contributed by atoms with Crippen molar-refractivity contribution in [1.29, 1.82) is 5.26 Å². The van der Waals surface area contributed by atoms with Gasteiger partial charge in [0.15, 0.2) is 0 Å². The van der Waals surface area contributed by atoms with Crippen LogP contribution in [0.25, 0.3) is 0 Å². The molecule has 1 aromatic rings. The van der Waals surface area contributed by atoms with E-state index in [0.29, 0.717) is 13.1 Å². The van der Waals surface area contributed by atoms with Gasteiger partial charge in [-0.3, -0.25) is 4.79 Å². The molecule has 0 aliphatic carbocycles. The topological polar surface area (TPSA) is 44.1 Å². The minimum Gasteiger partial charge on any atom is -0.341 e. The Bertz CT molecular complexity index is 478. The first-order valence-corrected chi connectivity index (χ1v) is 7.78. The molecule has 1 aromatic carbocycles. The zero-order valence-corrected chi connectivity index (χ0v) is 13.5. The Morgan fingerprint density at radius 1 is 1.24 bits per heavy atom. The highest BCUT2D eigenvalue weighted by Gasteiger charge is 2.29. The summed E-state index contributed by atoms with van der Waals surface area (Å²) in [4.78, 5) is 14.8. The first-order valence-electron chi connectivity index (χ1n) is 7.78. The van der Waals surface area contributed by atoms with Crippen molar-refractivity contribution in [2.75, 3.05) is 13.1 Å². The highest BCUT2D eigenvalue weighted by atomic mass is 16.2. The van der Waals surface area contributed by atoms with Gasteiger partial charge < -0.3 is 4.90 Å². The number of hydrogen-bond acceptors (Lipinski definition) is 2. The summed E-state index contributed by atoms with van der Waals surface area (Å²) in [5.41, 5.74) is 1.07. The average Bonchev–Trinajstić information content (AvgIpc) is 2.53. The Hall–Kier alpha value is -1.82. The second kappa shape index (κ2) is 8.46. The van der Waals surface area contributed by atoms with E-state index in [0.717, 1.165) is 12.0 Å². The fourth-order valence-electron chi connectivity index (χ4n) is 2.55. The first-order chi connectivity index (χ1) is 10.0. The van der Waals surface area contributed by atoms with Crippen LogP contribution in [0.15, 0.2) is 30.3 Å². The van der Waals surface area contributed by atoms with E-state index >= 15 is 0 Å². The molecule has 0 saturated heterocycles. The molecule has 0 aromatic heterocycles. The van der Waals surface area contributed by atoms with Crippen molar-refractivity contribution in [3.05, 3.63) is 35.9 Å². The molecule has 0 spiro atoms. The lowest BCUT2D eigenvalue weighted by Gasteiger charge is -2.30. The third-order valence-corrected chi connectivity index (χ3v) is 4.05. The van der Waals surface area contributed by atoms with Crippen LogP contribution in [0.4, 0.5) is 0 Å². The van der Waals surface area contributed by atoms with E-state index in [2.05, 4.69) is 19.9 Å². The lowest BCUT2D eigenvalue weighted by Crippen LogP contribution is -2.39. The second-order valence-electron chi connectivity index (χ2n) is 5.68. The maximum absolute atomic E-state index is 12.9. The Labute approximate surface area is 128 Å². The molecule has 0 fully saturated rings. The third-order valence-electron chi connectivity index (χ3n) is 4.05. The smallest absolute Gasteiger partial charge is 0.230 e. The van der Waals surface area contributed by atoms with E-state index in [-0.39, 0.29) is 23.7 Å². The standard InChI is InChI=1S/C18H26N2O/c1-5-15(4)17(16-10-8-7-9-11-16)18(21)20(6-2)13-14(3)12-19/h7-11,14-15,17H,5-6,13H2,1-4H3. The van der Waals surface area contributed by atoms with Crippen LogP contribution < -0.4 is 0 Å². The number of amides is 1. The SMILES string of the molecule is CCC(C)C(C(=O)N(CC)CC(C)C#N)c1ccccc1. The zero-order chi connectivity index (χ0) is 15.8. The van der Waals surface area contributed by atoms with Gasteiger partial charge in [0.25, 0.3) is 0 Å². The molecular weight excluding hydrogens is 260 g/mol. The maximum Gasteiger partial charge on any atom is 0.230 e. The molecule has 3 heteroatoms. The summed E-state index contributed by atoms with van der Waals surface area (Å²) in [5, 5.41) is 8.98. The van der Waals surface area contributed by atoms with Crippen LogP contribution in [-0.4, -0.2) is 23.9 Å². The van der Waals surface area contributed by atoms with E-state index in [4.69, 9.17) is 5.26 Å². The molecule has 3 nitrogen and oxygen atoms in total. The number of carbonyl (C=O) groups is 1. The molecule has 21 heavy (non-hydrogen) atoms. The van der Waals surface area contributed by atoms with Crippen LogP contribution in [0.2, 0.25) is 0 Å². The van der Waals surface area contributed by atoms with Crippen molar-refractivity contribution >= 4 is 5.91 Å². The van der Waals surface area contributed by atoms with Crippen LogP contribution in [0.3, 0.4) is 0 Å². The van der Waals surface area contributed by atoms with Gasteiger partial charge >= 0.3 is 0 Å². The molecule has 3 unspecified atom stereocenters. The first kappa shape index (κ1) is 17.2. The highest BCUT2D eigenvalue weighted by Crippen LogP contribution is 2.29. The summed E-state index contributed by atoms with van der Waals surface area (Å²) in [7, 11) is 0. The van der Waals surface area contributed by atoms with Crippen LogP contribution in [0, 0.1) is 23.2 Å². The molecule has 3 atom stereocenters. The second-order valence-corrected chi connectivity index (χ2v) is 5.68. The van der Waals surface area contributed by atoms with Gasteiger partial charge in [0.05, 0.1) is 17.9 Å². The van der Waals surface area contributed by atoms with Gasteiger partial charge in [-0.15, -0.1) is 0 Å². The van der Waals surface area contributed by atoms with Gasteiger partial charge in [0.1, 0.15) is 0 Å². The predicted octanol–water partition coefficient (Wildman–Crippen LogP) is 3.82. The summed E-state index contributed by atoms with van der Waals surface area (Å²) in [5.74, 6) is 0.163. The number of rotatable bonds is 7. The van der Waals surface area contributed by atoms with E-state index in [1.807, 2.05) is 49.1 Å². The van der Waals surface area contributed by atoms with Crippen LogP contribution in [-0.2, 0) is 4.79 Å².